The van der Waals surface area contributed by atoms with Crippen molar-refractivity contribution in [3.05, 3.63) is 58.1 Å². The molecule has 21 heavy (non-hydrogen) atoms. The maximum atomic E-state index is 6.19. The van der Waals surface area contributed by atoms with Crippen molar-refractivity contribution in [1.29, 1.82) is 0 Å². The summed E-state index contributed by atoms with van der Waals surface area (Å²) in [6.07, 6.45) is 0. The monoisotopic (exact) mass is 401 g/mol. The van der Waals surface area contributed by atoms with Gasteiger partial charge in [0.25, 0.3) is 0 Å². The summed E-state index contributed by atoms with van der Waals surface area (Å²) in [6.45, 7) is 0. The summed E-state index contributed by atoms with van der Waals surface area (Å²) >= 11 is 13.8. The zero-order valence-electron chi connectivity index (χ0n) is 11.2. The highest BCUT2D eigenvalue weighted by atomic mass is 79.9. The number of hydrogen-bond donors (Lipinski definition) is 0. The van der Waals surface area contributed by atoms with E-state index in [1.165, 1.54) is 0 Å². The van der Waals surface area contributed by atoms with Crippen LogP contribution in [-0.2, 0) is 12.8 Å². The molecule has 0 N–H and O–H groups in total. The van der Waals surface area contributed by atoms with Crippen LogP contribution in [0.5, 0.6) is 0 Å². The molecule has 0 aliphatic carbocycles. The van der Waals surface area contributed by atoms with E-state index in [0.717, 1.165) is 27.5 Å². The fourth-order valence-electron chi connectivity index (χ4n) is 2.03. The molecule has 0 aliphatic heterocycles. The van der Waals surface area contributed by atoms with E-state index in [-0.39, 0.29) is 17.0 Å². The molecule has 0 spiro atoms. The lowest BCUT2D eigenvalue weighted by Gasteiger charge is -2.05. The van der Waals surface area contributed by atoms with Crippen molar-refractivity contribution in [2.24, 2.45) is 7.05 Å². The van der Waals surface area contributed by atoms with Gasteiger partial charge < -0.3 is 21.5 Å². The highest BCUT2D eigenvalue weighted by Crippen LogP contribution is 2.29. The van der Waals surface area contributed by atoms with Gasteiger partial charge in [-0.15, -0.1) is 0 Å². The van der Waals surface area contributed by atoms with Crippen molar-refractivity contribution < 1.29 is 17.0 Å². The zero-order chi connectivity index (χ0) is 14.1. The molecule has 0 aliphatic rings. The largest absolute Gasteiger partial charge is 1.00 e. The first-order valence-corrected chi connectivity index (χ1v) is 7.87. The van der Waals surface area contributed by atoms with Crippen LogP contribution in [0.25, 0.3) is 11.0 Å². The van der Waals surface area contributed by atoms with Gasteiger partial charge in [-0.2, -0.15) is 0 Å². The summed E-state index contributed by atoms with van der Waals surface area (Å²) < 4.78 is 2.10. The van der Waals surface area contributed by atoms with Crippen molar-refractivity contribution in [3.8, 4) is 0 Å². The van der Waals surface area contributed by atoms with E-state index in [1.54, 1.807) is 17.8 Å². The van der Waals surface area contributed by atoms with Crippen molar-refractivity contribution >= 4 is 46.0 Å². The van der Waals surface area contributed by atoms with Crippen LogP contribution >= 0.6 is 35.0 Å². The van der Waals surface area contributed by atoms with Crippen LogP contribution in [0, 0.1) is 0 Å². The van der Waals surface area contributed by atoms with E-state index in [0.29, 0.717) is 10.0 Å². The van der Waals surface area contributed by atoms with Crippen LogP contribution in [0.3, 0.4) is 0 Å². The third-order valence-corrected chi connectivity index (χ3v) is 4.78. The second-order valence-electron chi connectivity index (χ2n) is 4.47. The van der Waals surface area contributed by atoms with Crippen LogP contribution < -0.4 is 17.0 Å². The lowest BCUT2D eigenvalue weighted by atomic mass is 10.2. The number of aromatic nitrogens is 2. The van der Waals surface area contributed by atoms with E-state index >= 15 is 0 Å². The maximum absolute atomic E-state index is 6.19. The fraction of sp³-hybridized carbons (Fsp3) is 0.133. The molecule has 0 saturated carbocycles. The summed E-state index contributed by atoms with van der Waals surface area (Å²) in [5, 5.41) is 2.34. The molecule has 3 aromatic rings. The topological polar surface area (TPSA) is 17.8 Å². The molecule has 0 unspecified atom stereocenters. The molecule has 6 heteroatoms. The fourth-order valence-corrected chi connectivity index (χ4v) is 3.58. The van der Waals surface area contributed by atoms with Crippen LogP contribution in [0.15, 0.2) is 47.6 Å². The number of imidazole rings is 1. The van der Waals surface area contributed by atoms with E-state index < -0.39 is 0 Å². The Labute approximate surface area is 148 Å². The maximum Gasteiger partial charge on any atom is 0.169 e. The Morgan fingerprint density at radius 2 is 1.90 bits per heavy atom. The number of halogens is 3. The molecule has 1 heterocycles. The molecule has 1 aromatic heterocycles. The number of fused-ring (bicyclic) bond motifs is 1. The Bertz CT molecular complexity index is 773. The van der Waals surface area contributed by atoms with Gasteiger partial charge in [-0.25, -0.2) is 4.98 Å². The third kappa shape index (κ3) is 3.57. The number of hydrogen-bond acceptors (Lipinski definition) is 2. The predicted octanol–water partition coefficient (Wildman–Crippen LogP) is 2.18. The second-order valence-corrected chi connectivity index (χ2v) is 6.25. The second kappa shape index (κ2) is 7.05. The highest BCUT2D eigenvalue weighted by molar-refractivity contribution is 7.98. The number of nitrogens with zero attached hydrogens (tertiary/aromatic N) is 2. The summed E-state index contributed by atoms with van der Waals surface area (Å²) in [7, 11) is 2.03. The van der Waals surface area contributed by atoms with Gasteiger partial charge in [0, 0.05) is 22.8 Å². The smallest absolute Gasteiger partial charge is 0.169 e. The minimum atomic E-state index is 0. The highest BCUT2D eigenvalue weighted by Gasteiger charge is 2.09. The lowest BCUT2D eigenvalue weighted by Crippen LogP contribution is -3.00. The van der Waals surface area contributed by atoms with Crippen molar-refractivity contribution in [2.45, 2.75) is 10.9 Å². The number of benzene rings is 2. The van der Waals surface area contributed by atoms with Gasteiger partial charge in [0.15, 0.2) is 5.16 Å². The summed E-state index contributed by atoms with van der Waals surface area (Å²) in [5.41, 5.74) is 3.21. The number of para-hydroxylation sites is 2. The van der Waals surface area contributed by atoms with Crippen LogP contribution in [0.2, 0.25) is 10.0 Å². The van der Waals surface area contributed by atoms with E-state index in [4.69, 9.17) is 23.2 Å². The quantitative estimate of drug-likeness (QED) is 0.625. The molecular formula is C15H12BrCl2N2S-. The van der Waals surface area contributed by atoms with E-state index in [9.17, 15) is 0 Å². The molecule has 0 amide bonds. The SMILES string of the molecule is Cn1c(SCc2ccc(Cl)cc2Cl)nc2ccccc21.[Br-]. The van der Waals surface area contributed by atoms with Gasteiger partial charge in [0.05, 0.1) is 11.0 Å². The average Bonchev–Trinajstić information content (AvgIpc) is 2.75. The molecule has 0 fully saturated rings. The number of thioether (sulfide) groups is 1. The average molecular weight is 403 g/mol. The Morgan fingerprint density at radius 3 is 2.62 bits per heavy atom. The van der Waals surface area contributed by atoms with Gasteiger partial charge in [0.2, 0.25) is 0 Å². The third-order valence-electron chi connectivity index (χ3n) is 3.12. The van der Waals surface area contributed by atoms with Gasteiger partial charge in [0.1, 0.15) is 0 Å². The van der Waals surface area contributed by atoms with Gasteiger partial charge >= 0.3 is 0 Å². The summed E-state index contributed by atoms with van der Waals surface area (Å²) in [5.74, 6) is 0.771. The normalized spacial score (nSPS) is 10.6. The van der Waals surface area contributed by atoms with Crippen molar-refractivity contribution in [1.82, 2.24) is 9.55 Å². The first-order chi connectivity index (χ1) is 9.65. The Morgan fingerprint density at radius 1 is 1.14 bits per heavy atom. The summed E-state index contributed by atoms with van der Waals surface area (Å²) in [6, 6.07) is 13.7. The molecule has 110 valence electrons. The molecule has 0 atom stereocenters. The molecule has 2 aromatic carbocycles. The minimum absolute atomic E-state index is 0. The van der Waals surface area contributed by atoms with Crippen LogP contribution in [0.1, 0.15) is 5.56 Å². The van der Waals surface area contributed by atoms with Crippen molar-refractivity contribution in [2.75, 3.05) is 0 Å². The molecule has 0 bridgehead atoms. The van der Waals surface area contributed by atoms with Gasteiger partial charge in [-0.3, -0.25) is 0 Å². The molecule has 3 rings (SSSR count). The first-order valence-electron chi connectivity index (χ1n) is 6.13. The van der Waals surface area contributed by atoms with Gasteiger partial charge in [-0.05, 0) is 29.8 Å². The molecular weight excluding hydrogens is 391 g/mol. The molecule has 0 saturated heterocycles. The van der Waals surface area contributed by atoms with Crippen LogP contribution in [-0.4, -0.2) is 9.55 Å². The Kier molecular flexibility index (Phi) is 5.60. The minimum Gasteiger partial charge on any atom is -1.00 e. The number of rotatable bonds is 3. The van der Waals surface area contributed by atoms with E-state index in [1.807, 2.05) is 37.4 Å². The Hall–Kier alpha value is -0.680. The molecule has 2 nitrogen and oxygen atoms in total. The first kappa shape index (κ1) is 16.7. The lowest BCUT2D eigenvalue weighted by molar-refractivity contribution is -0.00000387. The van der Waals surface area contributed by atoms with E-state index in [2.05, 4.69) is 15.6 Å². The van der Waals surface area contributed by atoms with Gasteiger partial charge in [-0.1, -0.05) is 53.2 Å². The zero-order valence-corrected chi connectivity index (χ0v) is 15.1. The van der Waals surface area contributed by atoms with Crippen LogP contribution in [0.4, 0.5) is 0 Å². The predicted molar refractivity (Wildman–Crippen MR) is 86.7 cm³/mol. The number of aryl methyl sites for hydroxylation is 1. The molecule has 0 radical (unpaired) electrons. The Balaban J connectivity index is 0.00000161. The summed E-state index contributed by atoms with van der Waals surface area (Å²) in [4.78, 5) is 4.63. The van der Waals surface area contributed by atoms with Crippen molar-refractivity contribution in [3.63, 3.8) is 0 Å². The standard InChI is InChI=1S/C15H12Cl2N2S.BrH/c1-19-14-5-3-2-4-13(14)18-15(19)20-9-10-6-7-11(16)8-12(10)17;/h2-8H,9H2,1H3;1H/p-1.